The molecule has 0 bridgehead atoms. The standard InChI is InChI=1S/C20H24N6O4/c27-19(22-23-20(28)21-16-6-8-18(9-7-16)26(29)30)10-11-24-12-14-25(15-13-24)17-4-2-1-3-5-17/h1-9H,10-15H2,(H,22,27)(H2,21,23,28)/p+1. The van der Waals surface area contributed by atoms with Gasteiger partial charge >= 0.3 is 6.03 Å². The number of urea groups is 1. The van der Waals surface area contributed by atoms with Crippen LogP contribution < -0.4 is 26.0 Å². The Labute approximate surface area is 174 Å². The quantitative estimate of drug-likeness (QED) is 0.407. The Balaban J connectivity index is 1.32. The zero-order valence-corrected chi connectivity index (χ0v) is 16.5. The minimum atomic E-state index is -0.624. The molecule has 2 aromatic carbocycles. The summed E-state index contributed by atoms with van der Waals surface area (Å²) in [6, 6.07) is 15.1. The molecule has 1 heterocycles. The number of benzene rings is 2. The lowest BCUT2D eigenvalue weighted by Gasteiger charge is -2.33. The van der Waals surface area contributed by atoms with Gasteiger partial charge in [0.15, 0.2) is 0 Å². The molecular formula is C20H25N6O4+. The smallest absolute Gasteiger partial charge is 0.337 e. The van der Waals surface area contributed by atoms with Gasteiger partial charge in [-0.1, -0.05) is 18.2 Å². The summed E-state index contributed by atoms with van der Waals surface area (Å²) in [5.74, 6) is -0.271. The van der Waals surface area contributed by atoms with Gasteiger partial charge < -0.3 is 15.1 Å². The van der Waals surface area contributed by atoms with Gasteiger partial charge in [0.2, 0.25) is 5.91 Å². The molecule has 0 unspecified atom stereocenters. The van der Waals surface area contributed by atoms with Crippen LogP contribution in [-0.2, 0) is 4.79 Å². The number of hydrogen-bond donors (Lipinski definition) is 4. The molecular weight excluding hydrogens is 388 g/mol. The second-order valence-electron chi connectivity index (χ2n) is 7.00. The zero-order chi connectivity index (χ0) is 21.3. The minimum Gasteiger partial charge on any atom is -0.360 e. The Bertz CT molecular complexity index is 867. The highest BCUT2D eigenvalue weighted by Crippen LogP contribution is 2.15. The van der Waals surface area contributed by atoms with E-state index in [1.54, 1.807) is 0 Å². The van der Waals surface area contributed by atoms with Gasteiger partial charge in [0, 0.05) is 23.5 Å². The van der Waals surface area contributed by atoms with Crippen LogP contribution in [0.4, 0.5) is 21.9 Å². The third-order valence-electron chi connectivity index (χ3n) is 4.95. The van der Waals surface area contributed by atoms with Crippen LogP contribution >= 0.6 is 0 Å². The highest BCUT2D eigenvalue weighted by atomic mass is 16.6. The van der Waals surface area contributed by atoms with Crippen molar-refractivity contribution in [2.24, 2.45) is 0 Å². The summed E-state index contributed by atoms with van der Waals surface area (Å²) in [6.07, 6.45) is 0.304. The number of non-ortho nitro benzene ring substituents is 1. The maximum atomic E-state index is 12.0. The van der Waals surface area contributed by atoms with Crippen molar-refractivity contribution in [3.05, 3.63) is 64.7 Å². The number of hydrazine groups is 1. The number of amides is 3. The molecule has 0 spiro atoms. The van der Waals surface area contributed by atoms with Gasteiger partial charge in [0.05, 0.1) is 44.1 Å². The van der Waals surface area contributed by atoms with E-state index in [0.717, 1.165) is 26.2 Å². The predicted octanol–water partition coefficient (Wildman–Crippen LogP) is 0.543. The number of nitrogens with zero attached hydrogens (tertiary/aromatic N) is 2. The van der Waals surface area contributed by atoms with Crippen molar-refractivity contribution in [3.8, 4) is 0 Å². The van der Waals surface area contributed by atoms with Crippen molar-refractivity contribution >= 4 is 29.0 Å². The number of carbonyl (C=O) groups is 2. The summed E-state index contributed by atoms with van der Waals surface area (Å²) in [6.45, 7) is 4.49. The first-order chi connectivity index (χ1) is 14.5. The number of anilines is 2. The Hall–Kier alpha value is -3.66. The molecule has 4 N–H and O–H groups in total. The van der Waals surface area contributed by atoms with Crippen molar-refractivity contribution in [1.82, 2.24) is 10.9 Å². The first kappa shape index (κ1) is 21.1. The third-order valence-corrected chi connectivity index (χ3v) is 4.95. The normalized spacial score (nSPS) is 14.1. The van der Waals surface area contributed by atoms with Crippen LogP contribution in [0, 0.1) is 10.1 Å². The SMILES string of the molecule is O=C(CC[NH+]1CCN(c2ccccc2)CC1)NNC(=O)Nc1ccc([N+](=O)[O-])cc1. The molecule has 0 aromatic heterocycles. The number of hydrogen-bond acceptors (Lipinski definition) is 5. The molecule has 10 heteroatoms. The molecule has 0 radical (unpaired) electrons. The third kappa shape index (κ3) is 6.17. The van der Waals surface area contributed by atoms with Crippen LogP contribution in [0.15, 0.2) is 54.6 Å². The fraction of sp³-hybridized carbons (Fsp3) is 0.300. The number of carbonyl (C=O) groups excluding carboxylic acids is 2. The Morgan fingerprint density at radius 2 is 1.67 bits per heavy atom. The Morgan fingerprint density at radius 3 is 2.30 bits per heavy atom. The van der Waals surface area contributed by atoms with Gasteiger partial charge in [-0.2, -0.15) is 0 Å². The van der Waals surface area contributed by atoms with Crippen LogP contribution in [0.25, 0.3) is 0 Å². The van der Waals surface area contributed by atoms with E-state index < -0.39 is 11.0 Å². The highest BCUT2D eigenvalue weighted by molar-refractivity contribution is 5.90. The number of rotatable bonds is 6. The molecule has 10 nitrogen and oxygen atoms in total. The first-order valence-electron chi connectivity index (χ1n) is 9.75. The number of para-hydroxylation sites is 1. The van der Waals surface area contributed by atoms with E-state index in [-0.39, 0.29) is 11.6 Å². The van der Waals surface area contributed by atoms with Gasteiger partial charge in [-0.15, -0.1) is 0 Å². The molecule has 158 valence electrons. The van der Waals surface area contributed by atoms with E-state index in [0.29, 0.717) is 18.7 Å². The highest BCUT2D eigenvalue weighted by Gasteiger charge is 2.20. The van der Waals surface area contributed by atoms with Gasteiger partial charge in [-0.3, -0.25) is 20.3 Å². The lowest BCUT2D eigenvalue weighted by Crippen LogP contribution is -3.15. The van der Waals surface area contributed by atoms with Gasteiger partial charge in [-0.25, -0.2) is 10.2 Å². The van der Waals surface area contributed by atoms with E-state index in [2.05, 4.69) is 33.2 Å². The van der Waals surface area contributed by atoms with Crippen LogP contribution in [0.5, 0.6) is 0 Å². The lowest BCUT2D eigenvalue weighted by atomic mass is 10.2. The second-order valence-corrected chi connectivity index (χ2v) is 7.00. The van der Waals surface area contributed by atoms with Crippen LogP contribution in [0.2, 0.25) is 0 Å². The number of quaternary nitrogens is 1. The van der Waals surface area contributed by atoms with Gasteiger partial charge in [0.1, 0.15) is 0 Å². The zero-order valence-electron chi connectivity index (χ0n) is 16.5. The molecule has 0 atom stereocenters. The minimum absolute atomic E-state index is 0.0682. The van der Waals surface area contributed by atoms with Crippen molar-refractivity contribution in [2.45, 2.75) is 6.42 Å². The van der Waals surface area contributed by atoms with Crippen molar-refractivity contribution in [1.29, 1.82) is 0 Å². The average molecular weight is 413 g/mol. The summed E-state index contributed by atoms with van der Waals surface area (Å²) in [5.41, 5.74) is 6.19. The summed E-state index contributed by atoms with van der Waals surface area (Å²) in [7, 11) is 0. The Morgan fingerprint density at radius 1 is 1.00 bits per heavy atom. The number of nitrogens with one attached hydrogen (secondary N) is 4. The largest absolute Gasteiger partial charge is 0.360 e. The summed E-state index contributed by atoms with van der Waals surface area (Å²) >= 11 is 0. The van der Waals surface area contributed by atoms with E-state index in [9.17, 15) is 19.7 Å². The van der Waals surface area contributed by atoms with Crippen LogP contribution in [-0.4, -0.2) is 49.6 Å². The molecule has 1 aliphatic rings. The van der Waals surface area contributed by atoms with E-state index in [4.69, 9.17) is 0 Å². The topological polar surface area (TPSA) is 121 Å². The predicted molar refractivity (Wildman–Crippen MR) is 112 cm³/mol. The van der Waals surface area contributed by atoms with E-state index in [1.807, 2.05) is 18.2 Å². The molecule has 3 rings (SSSR count). The van der Waals surface area contributed by atoms with Gasteiger partial charge in [-0.05, 0) is 24.3 Å². The molecule has 1 saturated heterocycles. The second kappa shape index (κ2) is 10.2. The van der Waals surface area contributed by atoms with Gasteiger partial charge in [0.25, 0.3) is 5.69 Å². The van der Waals surface area contributed by atoms with Crippen LogP contribution in [0.3, 0.4) is 0 Å². The van der Waals surface area contributed by atoms with E-state index in [1.165, 1.54) is 34.9 Å². The molecule has 1 fully saturated rings. The number of nitro benzene ring substituents is 1. The first-order valence-corrected chi connectivity index (χ1v) is 9.75. The summed E-state index contributed by atoms with van der Waals surface area (Å²) < 4.78 is 0. The average Bonchev–Trinajstić information content (AvgIpc) is 2.77. The van der Waals surface area contributed by atoms with Crippen molar-refractivity contribution in [3.63, 3.8) is 0 Å². The van der Waals surface area contributed by atoms with Crippen molar-refractivity contribution in [2.75, 3.05) is 42.9 Å². The fourth-order valence-corrected chi connectivity index (χ4v) is 3.28. The number of nitro groups is 1. The summed E-state index contributed by atoms with van der Waals surface area (Å²) in [5, 5.41) is 13.1. The fourth-order valence-electron chi connectivity index (χ4n) is 3.28. The maximum absolute atomic E-state index is 12.0. The van der Waals surface area contributed by atoms with Crippen LogP contribution in [0.1, 0.15) is 6.42 Å². The van der Waals surface area contributed by atoms with Crippen molar-refractivity contribution < 1.29 is 19.4 Å². The molecule has 1 aliphatic heterocycles. The summed E-state index contributed by atoms with van der Waals surface area (Å²) in [4.78, 5) is 37.6. The molecule has 2 aromatic rings. The Kier molecular flexibility index (Phi) is 7.17. The molecule has 30 heavy (non-hydrogen) atoms. The maximum Gasteiger partial charge on any atom is 0.337 e. The van der Waals surface area contributed by atoms with E-state index >= 15 is 0 Å². The molecule has 0 saturated carbocycles. The lowest BCUT2D eigenvalue weighted by molar-refractivity contribution is -0.900. The monoisotopic (exact) mass is 413 g/mol. The molecule has 3 amide bonds. The number of piperazine rings is 1. The molecule has 0 aliphatic carbocycles.